The summed E-state index contributed by atoms with van der Waals surface area (Å²) in [7, 11) is 1.65. The molecular weight excluding hydrogens is 298 g/mol. The zero-order chi connectivity index (χ0) is 17.7. The Kier molecular flexibility index (Phi) is 6.18. The predicted octanol–water partition coefficient (Wildman–Crippen LogP) is 4.93. The topological polar surface area (TPSA) is 47.0 Å². The maximum Gasteiger partial charge on any atom is 0.257 e. The Bertz CT molecular complexity index is 694. The fourth-order valence-electron chi connectivity index (χ4n) is 2.92. The van der Waals surface area contributed by atoms with Crippen LogP contribution < -0.4 is 10.1 Å². The van der Waals surface area contributed by atoms with Crippen molar-refractivity contribution in [1.82, 2.24) is 9.97 Å². The molecule has 0 spiro atoms. The maximum absolute atomic E-state index is 5.52. The number of aryl methyl sites for hydroxylation is 3. The highest BCUT2D eigenvalue weighted by Crippen LogP contribution is 2.31. The van der Waals surface area contributed by atoms with E-state index in [0.29, 0.717) is 11.9 Å². The van der Waals surface area contributed by atoms with Crippen LogP contribution in [0.2, 0.25) is 0 Å². The van der Waals surface area contributed by atoms with Crippen LogP contribution in [0.1, 0.15) is 50.4 Å². The van der Waals surface area contributed by atoms with Crippen molar-refractivity contribution >= 4 is 5.82 Å². The van der Waals surface area contributed by atoms with E-state index < -0.39 is 0 Å². The first-order valence-electron chi connectivity index (χ1n) is 8.82. The smallest absolute Gasteiger partial charge is 0.257 e. The van der Waals surface area contributed by atoms with Gasteiger partial charge in [0.05, 0.1) is 18.5 Å². The van der Waals surface area contributed by atoms with Crippen LogP contribution in [0.5, 0.6) is 5.88 Å². The summed E-state index contributed by atoms with van der Waals surface area (Å²) in [5.74, 6) is 1.31. The third kappa shape index (κ3) is 3.86. The van der Waals surface area contributed by atoms with Gasteiger partial charge in [-0.15, -0.1) is 0 Å². The van der Waals surface area contributed by atoms with Crippen LogP contribution in [-0.2, 0) is 6.42 Å². The molecule has 2 rings (SSSR count). The number of rotatable bonds is 7. The number of hydrogen-bond donors (Lipinski definition) is 1. The molecule has 0 aliphatic carbocycles. The largest absolute Gasteiger partial charge is 0.478 e. The molecule has 0 atom stereocenters. The van der Waals surface area contributed by atoms with Crippen molar-refractivity contribution in [2.45, 2.75) is 59.9 Å². The van der Waals surface area contributed by atoms with E-state index in [0.717, 1.165) is 42.0 Å². The van der Waals surface area contributed by atoms with Gasteiger partial charge in [0.1, 0.15) is 0 Å². The summed E-state index contributed by atoms with van der Waals surface area (Å²) < 4.78 is 5.52. The molecule has 0 amide bonds. The van der Waals surface area contributed by atoms with Gasteiger partial charge in [0.2, 0.25) is 0 Å². The highest BCUT2D eigenvalue weighted by atomic mass is 16.5. The van der Waals surface area contributed by atoms with E-state index in [-0.39, 0.29) is 0 Å². The quantitative estimate of drug-likeness (QED) is 0.783. The van der Waals surface area contributed by atoms with Crippen LogP contribution >= 0.6 is 0 Å². The normalized spacial score (nSPS) is 11.0. The molecule has 1 aromatic carbocycles. The number of nitrogens with zero attached hydrogens (tertiary/aromatic N) is 2. The Labute approximate surface area is 145 Å². The van der Waals surface area contributed by atoms with Gasteiger partial charge >= 0.3 is 0 Å². The SMILES string of the molecule is CCc1nc(NC(CC)CC)c(OC)nc1-c1ccc(C)cc1C. The number of nitrogens with one attached hydrogen (secondary N) is 1. The molecule has 1 aromatic heterocycles. The minimum Gasteiger partial charge on any atom is -0.478 e. The van der Waals surface area contributed by atoms with Crippen LogP contribution in [0.15, 0.2) is 18.2 Å². The monoisotopic (exact) mass is 327 g/mol. The Balaban J connectivity index is 2.53. The average Bonchev–Trinajstić information content (AvgIpc) is 2.59. The molecule has 4 heteroatoms. The molecule has 130 valence electrons. The Hall–Kier alpha value is -2.10. The molecule has 1 heterocycles. The average molecular weight is 327 g/mol. The van der Waals surface area contributed by atoms with Crippen molar-refractivity contribution in [2.24, 2.45) is 0 Å². The molecule has 4 nitrogen and oxygen atoms in total. The van der Waals surface area contributed by atoms with Crippen molar-refractivity contribution in [3.05, 3.63) is 35.0 Å². The summed E-state index contributed by atoms with van der Waals surface area (Å²) in [5, 5.41) is 3.48. The zero-order valence-corrected chi connectivity index (χ0v) is 15.7. The first-order chi connectivity index (χ1) is 11.5. The molecule has 0 bridgehead atoms. The van der Waals surface area contributed by atoms with Gasteiger partial charge in [-0.1, -0.05) is 44.5 Å². The molecule has 0 unspecified atom stereocenters. The van der Waals surface area contributed by atoms with Crippen molar-refractivity contribution in [3.8, 4) is 17.1 Å². The van der Waals surface area contributed by atoms with E-state index in [9.17, 15) is 0 Å². The van der Waals surface area contributed by atoms with Gasteiger partial charge in [0, 0.05) is 11.6 Å². The molecule has 2 aromatic rings. The van der Waals surface area contributed by atoms with Gasteiger partial charge in [0.15, 0.2) is 5.82 Å². The van der Waals surface area contributed by atoms with E-state index in [2.05, 4.69) is 58.1 Å². The Morgan fingerprint density at radius 3 is 2.33 bits per heavy atom. The second kappa shape index (κ2) is 8.13. The number of ether oxygens (including phenoxy) is 1. The molecule has 0 fully saturated rings. The fraction of sp³-hybridized carbons (Fsp3) is 0.500. The van der Waals surface area contributed by atoms with Gasteiger partial charge in [0.25, 0.3) is 5.88 Å². The van der Waals surface area contributed by atoms with Crippen LogP contribution in [0.3, 0.4) is 0 Å². The van der Waals surface area contributed by atoms with Gasteiger partial charge in [-0.3, -0.25) is 0 Å². The van der Waals surface area contributed by atoms with Crippen molar-refractivity contribution in [1.29, 1.82) is 0 Å². The Morgan fingerprint density at radius 1 is 1.08 bits per heavy atom. The third-order valence-electron chi connectivity index (χ3n) is 4.43. The van der Waals surface area contributed by atoms with Gasteiger partial charge < -0.3 is 10.1 Å². The molecule has 24 heavy (non-hydrogen) atoms. The zero-order valence-electron chi connectivity index (χ0n) is 15.7. The molecule has 0 aliphatic heterocycles. The summed E-state index contributed by atoms with van der Waals surface area (Å²) >= 11 is 0. The summed E-state index contributed by atoms with van der Waals surface area (Å²) in [6.45, 7) is 10.7. The summed E-state index contributed by atoms with van der Waals surface area (Å²) in [6.07, 6.45) is 2.92. The fourth-order valence-corrected chi connectivity index (χ4v) is 2.92. The lowest BCUT2D eigenvalue weighted by atomic mass is 10.0. The summed E-state index contributed by atoms with van der Waals surface area (Å²) in [4.78, 5) is 9.64. The Morgan fingerprint density at radius 2 is 1.79 bits per heavy atom. The second-order valence-electron chi connectivity index (χ2n) is 6.21. The highest BCUT2D eigenvalue weighted by molar-refractivity contribution is 5.68. The molecule has 0 aliphatic rings. The first-order valence-corrected chi connectivity index (χ1v) is 8.82. The number of methoxy groups -OCH3 is 1. The van der Waals surface area contributed by atoms with E-state index in [1.807, 2.05) is 0 Å². The van der Waals surface area contributed by atoms with Crippen molar-refractivity contribution < 1.29 is 4.74 Å². The van der Waals surface area contributed by atoms with Crippen LogP contribution in [-0.4, -0.2) is 23.1 Å². The lowest BCUT2D eigenvalue weighted by molar-refractivity contribution is 0.397. The van der Waals surface area contributed by atoms with Gasteiger partial charge in [-0.25, -0.2) is 9.97 Å². The molecule has 0 saturated carbocycles. The van der Waals surface area contributed by atoms with Crippen LogP contribution in [0, 0.1) is 13.8 Å². The highest BCUT2D eigenvalue weighted by Gasteiger charge is 2.17. The maximum atomic E-state index is 5.52. The minimum absolute atomic E-state index is 0.380. The number of benzene rings is 1. The summed E-state index contributed by atoms with van der Waals surface area (Å²) in [6, 6.07) is 6.80. The molecular formula is C20H29N3O. The second-order valence-corrected chi connectivity index (χ2v) is 6.21. The number of aromatic nitrogens is 2. The molecule has 1 N–H and O–H groups in total. The van der Waals surface area contributed by atoms with E-state index in [1.54, 1.807) is 7.11 Å². The van der Waals surface area contributed by atoms with E-state index in [4.69, 9.17) is 14.7 Å². The molecule has 0 saturated heterocycles. The molecule has 0 radical (unpaired) electrons. The van der Waals surface area contributed by atoms with Gasteiger partial charge in [-0.2, -0.15) is 0 Å². The number of hydrogen-bond acceptors (Lipinski definition) is 4. The van der Waals surface area contributed by atoms with Crippen molar-refractivity contribution in [3.63, 3.8) is 0 Å². The lowest BCUT2D eigenvalue weighted by Crippen LogP contribution is -2.19. The predicted molar refractivity (Wildman–Crippen MR) is 101 cm³/mol. The standard InChI is InChI=1S/C20H29N3O/c1-7-15(8-2)21-19-20(24-6)23-18(17(9-3)22-19)16-11-10-13(4)12-14(16)5/h10-12,15H,7-9H2,1-6H3,(H,21,22). The first kappa shape index (κ1) is 18.2. The lowest BCUT2D eigenvalue weighted by Gasteiger charge is -2.19. The van der Waals surface area contributed by atoms with Crippen LogP contribution in [0.4, 0.5) is 5.82 Å². The van der Waals surface area contributed by atoms with Crippen LogP contribution in [0.25, 0.3) is 11.3 Å². The van der Waals surface area contributed by atoms with E-state index >= 15 is 0 Å². The van der Waals surface area contributed by atoms with Gasteiger partial charge in [-0.05, 0) is 38.7 Å². The number of anilines is 1. The van der Waals surface area contributed by atoms with E-state index in [1.165, 1.54) is 11.1 Å². The summed E-state index contributed by atoms with van der Waals surface area (Å²) in [5.41, 5.74) is 5.50. The van der Waals surface area contributed by atoms with Crippen molar-refractivity contribution in [2.75, 3.05) is 12.4 Å². The minimum atomic E-state index is 0.380. The third-order valence-corrected chi connectivity index (χ3v) is 4.43.